The molecule has 3 aromatic rings. The van der Waals surface area contributed by atoms with Crippen LogP contribution < -0.4 is 11.1 Å². The van der Waals surface area contributed by atoms with Crippen molar-refractivity contribution in [1.82, 2.24) is 35.4 Å². The molecule has 2 amide bonds. The van der Waals surface area contributed by atoms with Gasteiger partial charge in [0.15, 0.2) is 5.13 Å². The quantitative estimate of drug-likeness (QED) is 0.238. The summed E-state index contributed by atoms with van der Waals surface area (Å²) in [5.74, 6) is -1.27. The largest absolute Gasteiger partial charge is 0.481 e. The average molecular weight is 613 g/mol. The maximum absolute atomic E-state index is 13.4. The molecule has 200 valence electrons. The third-order valence-corrected chi connectivity index (χ3v) is 11.4. The van der Waals surface area contributed by atoms with Gasteiger partial charge in [0.1, 0.15) is 22.1 Å². The highest BCUT2D eigenvalue weighted by atomic mass is 35.5. The number of thiazole rings is 1. The van der Waals surface area contributed by atoms with Gasteiger partial charge in [-0.3, -0.25) is 14.4 Å². The number of anilines is 1. The van der Waals surface area contributed by atoms with Crippen molar-refractivity contribution in [2.75, 3.05) is 23.8 Å². The van der Waals surface area contributed by atoms with Crippen LogP contribution in [0.3, 0.4) is 0 Å². The molecule has 1 aromatic carbocycles. The van der Waals surface area contributed by atoms with Gasteiger partial charge in [-0.05, 0) is 22.6 Å². The molecule has 2 aliphatic rings. The molecule has 4 N–H and O–H groups in total. The number of nitrogen functional groups attached to an aromatic ring is 1. The number of halogens is 1. The minimum absolute atomic E-state index is 0.0317. The second-order valence-corrected chi connectivity index (χ2v) is 13.1. The summed E-state index contributed by atoms with van der Waals surface area (Å²) in [6, 6.07) is 6.37. The number of nitrogens with two attached hydrogens (primary N) is 1. The number of hydrogen-bond acceptors (Lipinski definition) is 12. The monoisotopic (exact) mass is 612 g/mol. The van der Waals surface area contributed by atoms with Gasteiger partial charge in [0, 0.05) is 35.4 Å². The van der Waals surface area contributed by atoms with Crippen molar-refractivity contribution < 1.29 is 19.5 Å². The molecule has 0 saturated carbocycles. The van der Waals surface area contributed by atoms with E-state index in [2.05, 4.69) is 25.8 Å². The Kier molecular flexibility index (Phi) is 7.77. The Morgan fingerprint density at radius 3 is 2.84 bits per heavy atom. The van der Waals surface area contributed by atoms with Gasteiger partial charge in [-0.15, -0.1) is 40.0 Å². The number of benzene rings is 1. The molecule has 3 unspecified atom stereocenters. The predicted molar refractivity (Wildman–Crippen MR) is 146 cm³/mol. The molecule has 12 nitrogen and oxygen atoms in total. The summed E-state index contributed by atoms with van der Waals surface area (Å²) in [4.78, 5) is 45.3. The van der Waals surface area contributed by atoms with Crippen LogP contribution in [0, 0.1) is 5.41 Å². The number of thioether (sulfide) groups is 3. The number of hydrogen-bond donors (Lipinski definition) is 3. The fraction of sp³-hybridized carbons (Fsp3) is 0.381. The summed E-state index contributed by atoms with van der Waals surface area (Å²) < 4.78 is 1.46. The number of fused-ring (bicyclic) bond motifs is 1. The Morgan fingerprint density at radius 1 is 1.39 bits per heavy atom. The van der Waals surface area contributed by atoms with Gasteiger partial charge in [0.2, 0.25) is 17.0 Å². The number of tetrazole rings is 1. The van der Waals surface area contributed by atoms with Crippen LogP contribution in [-0.4, -0.2) is 82.4 Å². The summed E-state index contributed by atoms with van der Waals surface area (Å²) in [6.07, 6.45) is 0. The highest BCUT2D eigenvalue weighted by molar-refractivity contribution is 8.01. The molecule has 0 radical (unpaired) electrons. The van der Waals surface area contributed by atoms with Crippen LogP contribution in [0.5, 0.6) is 0 Å². The van der Waals surface area contributed by atoms with Crippen LogP contribution >= 0.6 is 58.2 Å². The number of nitrogens with zero attached hydrogens (tertiary/aromatic N) is 6. The number of rotatable bonds is 9. The van der Waals surface area contributed by atoms with Gasteiger partial charge in [0.25, 0.3) is 0 Å². The number of carbonyl (C=O) groups is 3. The Hall–Kier alpha value is -2.53. The topological polar surface area (TPSA) is 169 Å². The van der Waals surface area contributed by atoms with Crippen molar-refractivity contribution in [2.45, 2.75) is 26.7 Å². The summed E-state index contributed by atoms with van der Waals surface area (Å²) in [5, 5.41) is 26.0. The normalized spacial score (nSPS) is 23.4. The first-order valence-electron chi connectivity index (χ1n) is 11.1. The molecule has 4 heterocycles. The van der Waals surface area contributed by atoms with E-state index >= 15 is 0 Å². The van der Waals surface area contributed by atoms with E-state index in [0.29, 0.717) is 25.9 Å². The molecule has 2 fully saturated rings. The molecule has 2 aliphatic heterocycles. The van der Waals surface area contributed by atoms with Gasteiger partial charge in [-0.1, -0.05) is 35.5 Å². The minimum atomic E-state index is -1.18. The number of carboxylic acid groups (broad SMARTS) is 1. The van der Waals surface area contributed by atoms with E-state index in [9.17, 15) is 19.5 Å². The SMILES string of the molecule is Cn1nnnc1SCC1(C(=O)O)CS[C@@H]2C(NC(=O)C(Sc3ccccc3Cl)c3csc(N)n3)C(=O)N2C1. The zero-order valence-electron chi connectivity index (χ0n) is 19.7. The van der Waals surface area contributed by atoms with Crippen LogP contribution in [0.2, 0.25) is 5.02 Å². The smallest absolute Gasteiger partial charge is 0.313 e. The van der Waals surface area contributed by atoms with Gasteiger partial charge in [-0.25, -0.2) is 9.67 Å². The summed E-state index contributed by atoms with van der Waals surface area (Å²) >= 11 is 11.3. The van der Waals surface area contributed by atoms with Gasteiger partial charge < -0.3 is 21.1 Å². The van der Waals surface area contributed by atoms with Crippen molar-refractivity contribution >= 4 is 81.1 Å². The van der Waals surface area contributed by atoms with E-state index in [1.165, 1.54) is 56.2 Å². The highest BCUT2D eigenvalue weighted by Gasteiger charge is 2.57. The second kappa shape index (κ2) is 10.9. The average Bonchev–Trinajstić information content (AvgIpc) is 3.52. The summed E-state index contributed by atoms with van der Waals surface area (Å²) in [7, 11) is 1.67. The van der Waals surface area contributed by atoms with Crippen LogP contribution in [0.25, 0.3) is 0 Å². The van der Waals surface area contributed by atoms with Gasteiger partial charge in [0.05, 0.1) is 10.7 Å². The van der Waals surface area contributed by atoms with Crippen molar-refractivity contribution in [3.05, 3.63) is 40.4 Å². The standard InChI is InChI=1S/C21H21ClN8O4S4/c1-29-20(26-27-28-29)37-9-21(18(33)34)7-30-16(32)13(17(30)36-8-21)25-15(31)14(11-6-35-19(23)24-11)38-12-5-3-2-4-10(12)22/h2-6,13-14,17H,7-9H2,1H3,(H2,23,24)(H,25,31)(H,33,34)/t13?,14?,17-,21?/m1/s1. The predicted octanol–water partition coefficient (Wildman–Crippen LogP) is 2.00. The molecule has 0 bridgehead atoms. The lowest BCUT2D eigenvalue weighted by Gasteiger charge is -2.53. The first-order valence-corrected chi connectivity index (χ1v) is 15.3. The van der Waals surface area contributed by atoms with Crippen LogP contribution in [-0.2, 0) is 21.4 Å². The first-order chi connectivity index (χ1) is 18.2. The molecule has 38 heavy (non-hydrogen) atoms. The fourth-order valence-corrected chi connectivity index (χ4v) is 8.68. The van der Waals surface area contributed by atoms with Crippen LogP contribution in [0.1, 0.15) is 10.9 Å². The molecule has 5 rings (SSSR count). The Bertz CT molecular complexity index is 1390. The number of β-lactam (4-membered cyclic amide) rings is 1. The molecule has 17 heteroatoms. The van der Waals surface area contributed by atoms with Gasteiger partial charge in [-0.2, -0.15) is 0 Å². The van der Waals surface area contributed by atoms with Crippen LogP contribution in [0.15, 0.2) is 39.7 Å². The Balaban J connectivity index is 1.28. The van der Waals surface area contributed by atoms with Crippen molar-refractivity contribution in [2.24, 2.45) is 12.5 Å². The Morgan fingerprint density at radius 2 is 2.18 bits per heavy atom. The van der Waals surface area contributed by atoms with Crippen molar-refractivity contribution in [1.29, 1.82) is 0 Å². The van der Waals surface area contributed by atoms with E-state index in [0.717, 1.165) is 0 Å². The van der Waals surface area contributed by atoms with E-state index in [1.807, 2.05) is 6.07 Å². The van der Waals surface area contributed by atoms with E-state index in [-0.39, 0.29) is 29.3 Å². The zero-order valence-corrected chi connectivity index (χ0v) is 23.7. The fourth-order valence-electron chi connectivity index (χ4n) is 4.02. The summed E-state index contributed by atoms with van der Waals surface area (Å²) in [5.41, 5.74) is 5.11. The van der Waals surface area contributed by atoms with E-state index in [1.54, 1.807) is 30.6 Å². The third-order valence-electron chi connectivity index (χ3n) is 6.08. The lowest BCUT2D eigenvalue weighted by atomic mass is 9.89. The Labute approximate surface area is 238 Å². The maximum Gasteiger partial charge on any atom is 0.313 e. The third kappa shape index (κ3) is 5.19. The lowest BCUT2D eigenvalue weighted by molar-refractivity contribution is -0.157. The number of amides is 2. The number of aromatic nitrogens is 5. The zero-order chi connectivity index (χ0) is 27.0. The highest BCUT2D eigenvalue weighted by Crippen LogP contribution is 2.45. The van der Waals surface area contributed by atoms with Gasteiger partial charge >= 0.3 is 5.97 Å². The molecule has 4 atom stereocenters. The molecule has 0 aliphatic carbocycles. The number of carboxylic acids is 1. The van der Waals surface area contributed by atoms with Crippen LogP contribution in [0.4, 0.5) is 5.13 Å². The molecule has 2 aromatic heterocycles. The molecular weight excluding hydrogens is 592 g/mol. The number of aryl methyl sites for hydroxylation is 1. The van der Waals surface area contributed by atoms with E-state index < -0.39 is 28.6 Å². The number of nitrogens with one attached hydrogen (secondary N) is 1. The molecule has 0 spiro atoms. The van der Waals surface area contributed by atoms with E-state index in [4.69, 9.17) is 17.3 Å². The first kappa shape index (κ1) is 27.1. The molecular formula is C21H21ClN8O4S4. The summed E-state index contributed by atoms with van der Waals surface area (Å²) in [6.45, 7) is 0.0317. The number of carbonyl (C=O) groups excluding carboxylic acids is 2. The minimum Gasteiger partial charge on any atom is -0.481 e. The second-order valence-electron chi connectivity index (χ2n) is 8.65. The maximum atomic E-state index is 13.4. The van der Waals surface area contributed by atoms with Crippen molar-refractivity contribution in [3.8, 4) is 0 Å². The lowest BCUT2D eigenvalue weighted by Crippen LogP contribution is -2.74. The molecule has 2 saturated heterocycles. The number of aliphatic carboxylic acids is 1. The van der Waals surface area contributed by atoms with Crippen molar-refractivity contribution in [3.63, 3.8) is 0 Å².